The summed E-state index contributed by atoms with van der Waals surface area (Å²) in [7, 11) is 0. The van der Waals surface area contributed by atoms with Crippen LogP contribution in [0.4, 0.5) is 4.39 Å². The lowest BCUT2D eigenvalue weighted by Gasteiger charge is -2.20. The van der Waals surface area contributed by atoms with Gasteiger partial charge in [0.1, 0.15) is 5.82 Å². The first-order valence-electron chi connectivity index (χ1n) is 9.14. The highest BCUT2D eigenvalue weighted by Crippen LogP contribution is 2.19. The van der Waals surface area contributed by atoms with Crippen LogP contribution in [0.15, 0.2) is 48.5 Å². The summed E-state index contributed by atoms with van der Waals surface area (Å²) >= 11 is 0. The zero-order chi connectivity index (χ0) is 19.8. The predicted octanol–water partition coefficient (Wildman–Crippen LogP) is 4.27. The fourth-order valence-corrected chi connectivity index (χ4v) is 2.74. The lowest BCUT2D eigenvalue weighted by atomic mass is 10.0. The molecule has 0 radical (unpaired) electrons. The van der Waals surface area contributed by atoms with Crippen molar-refractivity contribution in [1.29, 1.82) is 0 Å². The van der Waals surface area contributed by atoms with Crippen molar-refractivity contribution < 1.29 is 18.7 Å². The minimum absolute atomic E-state index is 0.0483. The molecule has 27 heavy (non-hydrogen) atoms. The summed E-state index contributed by atoms with van der Waals surface area (Å²) in [5, 5.41) is 2.88. The van der Waals surface area contributed by atoms with Crippen molar-refractivity contribution in [2.24, 2.45) is 0 Å². The number of rotatable bonds is 8. The number of ether oxygens (including phenoxy) is 1. The van der Waals surface area contributed by atoms with Gasteiger partial charge in [-0.1, -0.05) is 48.0 Å². The van der Waals surface area contributed by atoms with Crippen LogP contribution in [0.25, 0.3) is 0 Å². The highest BCUT2D eigenvalue weighted by molar-refractivity contribution is 5.78. The average molecular weight is 371 g/mol. The van der Waals surface area contributed by atoms with Crippen molar-refractivity contribution in [3.8, 4) is 0 Å². The number of benzene rings is 2. The molecule has 144 valence electrons. The Hall–Kier alpha value is -2.69. The summed E-state index contributed by atoms with van der Waals surface area (Å²) in [4.78, 5) is 24.5. The number of amides is 1. The quantitative estimate of drug-likeness (QED) is 0.705. The van der Waals surface area contributed by atoms with E-state index in [2.05, 4.69) is 5.32 Å². The van der Waals surface area contributed by atoms with Gasteiger partial charge in [0, 0.05) is 6.42 Å². The lowest BCUT2D eigenvalue weighted by Crippen LogP contribution is -2.31. The molecule has 0 spiro atoms. The lowest BCUT2D eigenvalue weighted by molar-refractivity contribution is -0.148. The molecule has 2 aromatic carbocycles. The molecule has 0 aliphatic rings. The van der Waals surface area contributed by atoms with Crippen molar-refractivity contribution in [3.63, 3.8) is 0 Å². The maximum absolute atomic E-state index is 13.7. The van der Waals surface area contributed by atoms with E-state index >= 15 is 0 Å². The van der Waals surface area contributed by atoms with E-state index in [1.54, 1.807) is 32.0 Å². The standard InChI is InChI=1S/C22H26FNO3/c1-15(2)27-22(26)14-20(18-10-8-16(3)9-11-18)24-21(25)13-12-17-6-4-5-7-19(17)23/h4-11,15,20H,12-14H2,1-3H3,(H,24,25). The summed E-state index contributed by atoms with van der Waals surface area (Å²) in [6, 6.07) is 13.6. The van der Waals surface area contributed by atoms with Gasteiger partial charge in [-0.05, 0) is 44.4 Å². The SMILES string of the molecule is Cc1ccc(C(CC(=O)OC(C)C)NC(=O)CCc2ccccc2F)cc1. The Kier molecular flexibility index (Phi) is 7.53. The van der Waals surface area contributed by atoms with Gasteiger partial charge in [0.05, 0.1) is 18.6 Å². The van der Waals surface area contributed by atoms with Crippen LogP contribution in [0.5, 0.6) is 0 Å². The molecular weight excluding hydrogens is 345 g/mol. The van der Waals surface area contributed by atoms with E-state index in [-0.39, 0.29) is 36.6 Å². The Morgan fingerprint density at radius 1 is 1.07 bits per heavy atom. The summed E-state index contributed by atoms with van der Waals surface area (Å²) in [5.41, 5.74) is 2.42. The predicted molar refractivity (Wildman–Crippen MR) is 103 cm³/mol. The van der Waals surface area contributed by atoms with Gasteiger partial charge < -0.3 is 10.1 Å². The molecule has 0 bridgehead atoms. The number of aryl methyl sites for hydroxylation is 2. The third kappa shape index (κ3) is 6.85. The number of hydrogen-bond acceptors (Lipinski definition) is 3. The molecule has 0 fully saturated rings. The van der Waals surface area contributed by atoms with Crippen molar-refractivity contribution >= 4 is 11.9 Å². The summed E-state index contributed by atoms with van der Waals surface area (Å²) < 4.78 is 18.9. The molecule has 2 aromatic rings. The highest BCUT2D eigenvalue weighted by atomic mass is 19.1. The highest BCUT2D eigenvalue weighted by Gasteiger charge is 2.20. The first-order chi connectivity index (χ1) is 12.8. The molecule has 5 heteroatoms. The molecule has 2 rings (SSSR count). The molecule has 0 saturated heterocycles. The Bertz CT molecular complexity index is 771. The van der Waals surface area contributed by atoms with Crippen LogP contribution < -0.4 is 5.32 Å². The monoisotopic (exact) mass is 371 g/mol. The number of halogens is 1. The molecule has 1 amide bonds. The largest absolute Gasteiger partial charge is 0.463 e. The van der Waals surface area contributed by atoms with Crippen LogP contribution >= 0.6 is 0 Å². The first-order valence-corrected chi connectivity index (χ1v) is 9.14. The second-order valence-corrected chi connectivity index (χ2v) is 6.86. The van der Waals surface area contributed by atoms with E-state index in [4.69, 9.17) is 4.74 Å². The molecule has 1 unspecified atom stereocenters. The van der Waals surface area contributed by atoms with E-state index in [1.807, 2.05) is 31.2 Å². The van der Waals surface area contributed by atoms with E-state index in [9.17, 15) is 14.0 Å². The van der Waals surface area contributed by atoms with Crippen LogP contribution in [-0.4, -0.2) is 18.0 Å². The first kappa shape index (κ1) is 20.6. The van der Waals surface area contributed by atoms with E-state index in [1.165, 1.54) is 6.07 Å². The van der Waals surface area contributed by atoms with Crippen molar-refractivity contribution in [3.05, 3.63) is 71.0 Å². The van der Waals surface area contributed by atoms with E-state index in [0.29, 0.717) is 12.0 Å². The minimum Gasteiger partial charge on any atom is -0.463 e. The average Bonchev–Trinajstić information content (AvgIpc) is 2.60. The van der Waals surface area contributed by atoms with Gasteiger partial charge in [0.2, 0.25) is 5.91 Å². The van der Waals surface area contributed by atoms with Crippen LogP contribution in [0.3, 0.4) is 0 Å². The molecule has 1 N–H and O–H groups in total. The maximum Gasteiger partial charge on any atom is 0.308 e. The van der Waals surface area contributed by atoms with Crippen molar-refractivity contribution in [1.82, 2.24) is 5.32 Å². The Morgan fingerprint density at radius 3 is 2.37 bits per heavy atom. The van der Waals surface area contributed by atoms with Crippen LogP contribution in [0.2, 0.25) is 0 Å². The van der Waals surface area contributed by atoms with Crippen LogP contribution in [0, 0.1) is 12.7 Å². The zero-order valence-electron chi connectivity index (χ0n) is 16.0. The molecule has 1 atom stereocenters. The number of hydrogen-bond donors (Lipinski definition) is 1. The second kappa shape index (κ2) is 9.86. The normalized spacial score (nSPS) is 11.9. The van der Waals surface area contributed by atoms with Gasteiger partial charge in [0.15, 0.2) is 0 Å². The Morgan fingerprint density at radius 2 is 1.74 bits per heavy atom. The van der Waals surface area contributed by atoms with Gasteiger partial charge in [-0.2, -0.15) is 0 Å². The molecule has 0 aromatic heterocycles. The number of esters is 1. The fourth-order valence-electron chi connectivity index (χ4n) is 2.74. The zero-order valence-corrected chi connectivity index (χ0v) is 16.0. The maximum atomic E-state index is 13.7. The molecule has 0 heterocycles. The smallest absolute Gasteiger partial charge is 0.308 e. The number of carbonyl (C=O) groups is 2. The van der Waals surface area contributed by atoms with Crippen LogP contribution in [-0.2, 0) is 20.7 Å². The van der Waals surface area contributed by atoms with Crippen LogP contribution in [0.1, 0.15) is 49.4 Å². The number of carbonyl (C=O) groups excluding carboxylic acids is 2. The van der Waals surface area contributed by atoms with E-state index < -0.39 is 6.04 Å². The second-order valence-electron chi connectivity index (χ2n) is 6.86. The molecule has 0 aliphatic carbocycles. The minimum atomic E-state index is -0.482. The Balaban J connectivity index is 2.03. The van der Waals surface area contributed by atoms with Gasteiger partial charge in [-0.3, -0.25) is 9.59 Å². The summed E-state index contributed by atoms with van der Waals surface area (Å²) in [5.74, 6) is -0.924. The summed E-state index contributed by atoms with van der Waals surface area (Å²) in [6.07, 6.45) is 0.276. The van der Waals surface area contributed by atoms with Gasteiger partial charge in [-0.25, -0.2) is 4.39 Å². The van der Waals surface area contributed by atoms with Gasteiger partial charge in [-0.15, -0.1) is 0 Å². The van der Waals surface area contributed by atoms with Gasteiger partial charge >= 0.3 is 5.97 Å². The number of nitrogens with one attached hydrogen (secondary N) is 1. The summed E-state index contributed by atoms with van der Waals surface area (Å²) in [6.45, 7) is 5.54. The van der Waals surface area contributed by atoms with E-state index in [0.717, 1.165) is 11.1 Å². The van der Waals surface area contributed by atoms with Crippen molar-refractivity contribution in [2.75, 3.05) is 0 Å². The third-order valence-electron chi connectivity index (χ3n) is 4.13. The Labute approximate surface area is 159 Å². The molecular formula is C22H26FNO3. The van der Waals surface area contributed by atoms with Gasteiger partial charge in [0.25, 0.3) is 0 Å². The molecule has 0 aliphatic heterocycles. The fraction of sp³-hybridized carbons (Fsp3) is 0.364. The molecule has 4 nitrogen and oxygen atoms in total. The third-order valence-corrected chi connectivity index (χ3v) is 4.13. The molecule has 0 saturated carbocycles. The topological polar surface area (TPSA) is 55.4 Å². The van der Waals surface area contributed by atoms with Crippen molar-refractivity contribution in [2.45, 2.75) is 52.2 Å².